The number of nitrogens with zero attached hydrogens (tertiary/aromatic N) is 2. The maximum absolute atomic E-state index is 13.5. The van der Waals surface area contributed by atoms with Crippen molar-refractivity contribution < 1.29 is 9.18 Å². The number of carbonyl (C=O) groups excluding carboxylic acids is 1. The summed E-state index contributed by atoms with van der Waals surface area (Å²) in [7, 11) is 0. The van der Waals surface area contributed by atoms with Gasteiger partial charge in [0.05, 0.1) is 11.4 Å². The van der Waals surface area contributed by atoms with E-state index in [2.05, 4.69) is 26.3 Å². The Kier molecular flexibility index (Phi) is 3.76. The van der Waals surface area contributed by atoms with Crippen molar-refractivity contribution in [3.63, 3.8) is 0 Å². The zero-order chi connectivity index (χ0) is 13.1. The number of carbonyl (C=O) groups is 1. The van der Waals surface area contributed by atoms with Crippen molar-refractivity contribution in [3.05, 3.63) is 46.4 Å². The van der Waals surface area contributed by atoms with Crippen LogP contribution in [0.1, 0.15) is 5.69 Å². The third kappa shape index (κ3) is 3.16. The van der Waals surface area contributed by atoms with Crippen LogP contribution in [0, 0.1) is 12.7 Å². The minimum Gasteiger partial charge on any atom is -0.322 e. The summed E-state index contributed by atoms with van der Waals surface area (Å²) in [5.74, 6) is -0.798. The van der Waals surface area contributed by atoms with E-state index in [0.29, 0.717) is 4.47 Å². The maximum atomic E-state index is 13.5. The van der Waals surface area contributed by atoms with Crippen molar-refractivity contribution in [3.8, 4) is 0 Å². The summed E-state index contributed by atoms with van der Waals surface area (Å²) < 4.78 is 15.6. The Hall–Kier alpha value is -1.69. The average molecular weight is 312 g/mol. The first-order valence-corrected chi connectivity index (χ1v) is 6.09. The summed E-state index contributed by atoms with van der Waals surface area (Å²) in [4.78, 5) is 11.7. The lowest BCUT2D eigenvalue weighted by Crippen LogP contribution is -2.19. The summed E-state index contributed by atoms with van der Waals surface area (Å²) in [5, 5.41) is 6.58. The van der Waals surface area contributed by atoms with Crippen LogP contribution in [0.4, 0.5) is 10.1 Å². The van der Waals surface area contributed by atoms with Gasteiger partial charge in [-0.1, -0.05) is 15.9 Å². The van der Waals surface area contributed by atoms with Crippen molar-refractivity contribution in [2.24, 2.45) is 0 Å². The second-order valence-electron chi connectivity index (χ2n) is 3.83. The number of nitrogens with one attached hydrogen (secondary N) is 1. The second-order valence-corrected chi connectivity index (χ2v) is 4.74. The maximum Gasteiger partial charge on any atom is 0.246 e. The molecule has 0 aliphatic heterocycles. The molecule has 4 nitrogen and oxygen atoms in total. The van der Waals surface area contributed by atoms with Crippen molar-refractivity contribution in [1.82, 2.24) is 9.78 Å². The Labute approximate surface area is 112 Å². The highest BCUT2D eigenvalue weighted by atomic mass is 79.9. The summed E-state index contributed by atoms with van der Waals surface area (Å²) >= 11 is 3.15. The molecule has 0 atom stereocenters. The SMILES string of the molecule is Cc1ccn(CC(=O)Nc2ccc(Br)cc2F)n1. The van der Waals surface area contributed by atoms with Gasteiger partial charge in [-0.25, -0.2) is 4.39 Å². The summed E-state index contributed by atoms with van der Waals surface area (Å²) in [6, 6.07) is 6.27. The molecule has 0 aliphatic rings. The fraction of sp³-hybridized carbons (Fsp3) is 0.167. The van der Waals surface area contributed by atoms with Gasteiger partial charge in [0.2, 0.25) is 5.91 Å². The number of amides is 1. The molecule has 0 saturated carbocycles. The van der Waals surface area contributed by atoms with Crippen LogP contribution < -0.4 is 5.32 Å². The smallest absolute Gasteiger partial charge is 0.246 e. The molecule has 1 N–H and O–H groups in total. The van der Waals surface area contributed by atoms with Crippen LogP contribution in [0.3, 0.4) is 0 Å². The summed E-state index contributed by atoms with van der Waals surface area (Å²) in [5.41, 5.74) is 0.990. The first kappa shape index (κ1) is 12.8. The zero-order valence-electron chi connectivity index (χ0n) is 9.65. The molecule has 6 heteroatoms. The molecule has 0 bridgehead atoms. The Bertz CT molecular complexity index is 582. The number of rotatable bonds is 3. The fourth-order valence-corrected chi connectivity index (χ4v) is 1.81. The first-order chi connectivity index (χ1) is 8.54. The van der Waals surface area contributed by atoms with E-state index in [1.54, 1.807) is 18.3 Å². The van der Waals surface area contributed by atoms with Crippen LogP contribution in [-0.2, 0) is 11.3 Å². The van der Waals surface area contributed by atoms with Gasteiger partial charge in [0.25, 0.3) is 0 Å². The quantitative estimate of drug-likeness (QED) is 0.947. The van der Waals surface area contributed by atoms with Crippen LogP contribution in [-0.4, -0.2) is 15.7 Å². The Morgan fingerprint density at radius 3 is 2.89 bits per heavy atom. The summed E-state index contributed by atoms with van der Waals surface area (Å²) in [6.45, 7) is 1.89. The van der Waals surface area contributed by atoms with E-state index in [1.165, 1.54) is 16.8 Å². The second kappa shape index (κ2) is 5.30. The van der Waals surface area contributed by atoms with Gasteiger partial charge in [-0.3, -0.25) is 9.48 Å². The van der Waals surface area contributed by atoms with Crippen molar-refractivity contribution >= 4 is 27.5 Å². The largest absolute Gasteiger partial charge is 0.322 e. The van der Waals surface area contributed by atoms with Crippen LogP contribution in [0.15, 0.2) is 34.9 Å². The van der Waals surface area contributed by atoms with Crippen LogP contribution in [0.5, 0.6) is 0 Å². The molecule has 18 heavy (non-hydrogen) atoms. The topological polar surface area (TPSA) is 46.9 Å². The molecule has 1 heterocycles. The van der Waals surface area contributed by atoms with Crippen molar-refractivity contribution in [1.29, 1.82) is 0 Å². The van der Waals surface area contributed by atoms with E-state index in [-0.39, 0.29) is 18.1 Å². The van der Waals surface area contributed by atoms with Gasteiger partial charge in [-0.05, 0) is 31.2 Å². The van der Waals surface area contributed by atoms with E-state index in [4.69, 9.17) is 0 Å². The normalized spacial score (nSPS) is 10.4. The van der Waals surface area contributed by atoms with Crippen LogP contribution >= 0.6 is 15.9 Å². The predicted octanol–water partition coefficient (Wildman–Crippen LogP) is 2.73. The third-order valence-corrected chi connectivity index (χ3v) is 2.78. The van der Waals surface area contributed by atoms with Crippen LogP contribution in [0.2, 0.25) is 0 Å². The van der Waals surface area contributed by atoms with E-state index in [0.717, 1.165) is 5.69 Å². The summed E-state index contributed by atoms with van der Waals surface area (Å²) in [6.07, 6.45) is 1.70. The molecule has 2 aromatic rings. The number of aryl methyl sites for hydroxylation is 1. The fourth-order valence-electron chi connectivity index (χ4n) is 1.48. The van der Waals surface area contributed by atoms with E-state index < -0.39 is 5.82 Å². The van der Waals surface area contributed by atoms with Crippen molar-refractivity contribution in [2.45, 2.75) is 13.5 Å². The Balaban J connectivity index is 2.03. The number of halogens is 2. The highest BCUT2D eigenvalue weighted by Gasteiger charge is 2.08. The van der Waals surface area contributed by atoms with Gasteiger partial charge >= 0.3 is 0 Å². The molecule has 1 aromatic carbocycles. The van der Waals surface area contributed by atoms with Crippen LogP contribution in [0.25, 0.3) is 0 Å². The molecule has 0 fully saturated rings. The molecule has 0 aliphatic carbocycles. The Morgan fingerprint density at radius 1 is 1.50 bits per heavy atom. The van der Waals surface area contributed by atoms with Gasteiger partial charge in [0.15, 0.2) is 0 Å². The lowest BCUT2D eigenvalue weighted by molar-refractivity contribution is -0.116. The average Bonchev–Trinajstić information content (AvgIpc) is 2.68. The van der Waals surface area contributed by atoms with Gasteiger partial charge in [0, 0.05) is 10.7 Å². The van der Waals surface area contributed by atoms with E-state index >= 15 is 0 Å². The molecular formula is C12H11BrFN3O. The molecule has 2 rings (SSSR count). The number of aromatic nitrogens is 2. The minimum absolute atomic E-state index is 0.0589. The highest BCUT2D eigenvalue weighted by molar-refractivity contribution is 9.10. The molecule has 94 valence electrons. The number of benzene rings is 1. The molecular weight excluding hydrogens is 301 g/mol. The molecule has 0 spiro atoms. The lowest BCUT2D eigenvalue weighted by atomic mass is 10.3. The molecule has 0 unspecified atom stereocenters. The molecule has 1 amide bonds. The number of hydrogen-bond acceptors (Lipinski definition) is 2. The van der Waals surface area contributed by atoms with E-state index in [9.17, 15) is 9.18 Å². The minimum atomic E-state index is -0.477. The Morgan fingerprint density at radius 2 is 2.28 bits per heavy atom. The monoisotopic (exact) mass is 311 g/mol. The zero-order valence-corrected chi connectivity index (χ0v) is 11.2. The van der Waals surface area contributed by atoms with Gasteiger partial charge in [-0.2, -0.15) is 5.10 Å². The molecule has 1 aromatic heterocycles. The first-order valence-electron chi connectivity index (χ1n) is 5.29. The standard InChI is InChI=1S/C12H11BrFN3O/c1-8-4-5-17(16-8)7-12(18)15-11-3-2-9(13)6-10(11)14/h2-6H,7H2,1H3,(H,15,18). The number of hydrogen-bond donors (Lipinski definition) is 1. The van der Waals surface area contributed by atoms with Crippen molar-refractivity contribution in [2.75, 3.05) is 5.32 Å². The van der Waals surface area contributed by atoms with Gasteiger partial charge in [0.1, 0.15) is 12.4 Å². The molecule has 0 saturated heterocycles. The van der Waals surface area contributed by atoms with Gasteiger partial charge in [-0.15, -0.1) is 0 Å². The highest BCUT2D eigenvalue weighted by Crippen LogP contribution is 2.19. The lowest BCUT2D eigenvalue weighted by Gasteiger charge is -2.06. The predicted molar refractivity (Wildman–Crippen MR) is 69.7 cm³/mol. The number of anilines is 1. The molecule has 0 radical (unpaired) electrons. The van der Waals surface area contributed by atoms with E-state index in [1.807, 2.05) is 6.92 Å². The third-order valence-electron chi connectivity index (χ3n) is 2.28. The van der Waals surface area contributed by atoms with Gasteiger partial charge < -0.3 is 5.32 Å².